The Morgan fingerprint density at radius 3 is 0.736 bits per heavy atom. The Morgan fingerprint density at radius 1 is 0.321 bits per heavy atom. The SMILES string of the molecule is [Ru+6].[S-]C#Cc1ccccc1.c1cc[cH-]c1.c1ccc([PH+](c2ccccc2)c2ccccc2)cc1.c1ccc([PH+](c2ccccc2)c2ccccc2)cc1. The number of hydrogen-bond acceptors (Lipinski definition) is 1. The van der Waals surface area contributed by atoms with Crippen LogP contribution in [0.5, 0.6) is 0 Å². The van der Waals surface area contributed by atoms with Gasteiger partial charge in [0.1, 0.15) is 31.8 Å². The molecule has 0 N–H and O–H groups in total. The third-order valence-corrected chi connectivity index (χ3v) is 13.5. The fourth-order valence-corrected chi connectivity index (χ4v) is 10.8. The van der Waals surface area contributed by atoms with Crippen LogP contribution in [0, 0.1) is 11.2 Å². The molecule has 0 nitrogen and oxygen atoms in total. The minimum Gasteiger partial charge on any atom is -0.724 e. The molecule has 0 aliphatic heterocycles. The average Bonchev–Trinajstić information content (AvgIpc) is 3.83. The van der Waals surface area contributed by atoms with Crippen molar-refractivity contribution >= 4 is 60.3 Å². The van der Waals surface area contributed by atoms with Crippen molar-refractivity contribution in [3.8, 4) is 11.2 Å². The van der Waals surface area contributed by atoms with E-state index in [-0.39, 0.29) is 19.5 Å². The molecule has 0 aliphatic rings. The second kappa shape index (κ2) is 24.4. The van der Waals surface area contributed by atoms with Gasteiger partial charge in [-0.25, -0.2) is 17.4 Å². The molecule has 4 heteroatoms. The van der Waals surface area contributed by atoms with Crippen LogP contribution in [0.15, 0.2) is 243 Å². The van der Waals surface area contributed by atoms with E-state index in [1.54, 1.807) is 0 Å². The molecule has 53 heavy (non-hydrogen) atoms. The molecule has 0 bridgehead atoms. The monoisotopic (exact) mass is 826 g/mol. The minimum atomic E-state index is -0.877. The molecule has 0 atom stereocenters. The van der Waals surface area contributed by atoms with Gasteiger partial charge in [0, 0.05) is 5.56 Å². The first-order valence-electron chi connectivity index (χ1n) is 17.2. The van der Waals surface area contributed by atoms with Gasteiger partial charge in [0.2, 0.25) is 0 Å². The topological polar surface area (TPSA) is 0 Å². The Morgan fingerprint density at radius 2 is 0.547 bits per heavy atom. The molecule has 0 saturated heterocycles. The van der Waals surface area contributed by atoms with Gasteiger partial charge in [0.05, 0.1) is 15.8 Å². The first-order chi connectivity index (χ1) is 25.8. The summed E-state index contributed by atoms with van der Waals surface area (Å²) in [6.07, 6.45) is 0. The van der Waals surface area contributed by atoms with E-state index >= 15 is 0 Å². The summed E-state index contributed by atoms with van der Waals surface area (Å²) in [6.45, 7) is 0. The molecule has 0 heterocycles. The Hall–Kier alpha value is -4.85. The standard InChI is InChI=1S/2C18H15P.C8H6S.C5H5.Ru/c2*1-4-10-16(11-5-1)19(17-12-6-2-7-13-17)18-14-8-3-9-15-18;9-7-6-8-4-2-1-3-5-8;1-2-4-5-3-1;/h2*1-15H;1-5,9H;1-5H;/q;;;-1;+6/p+1. The quantitative estimate of drug-likeness (QED) is 0.0530. The zero-order valence-electron chi connectivity index (χ0n) is 29.4. The summed E-state index contributed by atoms with van der Waals surface area (Å²) < 4.78 is 0. The molecule has 8 aromatic rings. The second-order valence-corrected chi connectivity index (χ2v) is 16.7. The molecular weight excluding hydrogens is 784 g/mol. The van der Waals surface area contributed by atoms with Crippen LogP contribution >= 0.6 is 15.8 Å². The van der Waals surface area contributed by atoms with Crippen molar-refractivity contribution in [2.24, 2.45) is 0 Å². The molecule has 0 aliphatic carbocycles. The molecule has 0 spiro atoms. The van der Waals surface area contributed by atoms with Crippen molar-refractivity contribution in [2.75, 3.05) is 0 Å². The largest absolute Gasteiger partial charge is 6.00 e. The predicted octanol–water partition coefficient (Wildman–Crippen LogP) is 9.30. The van der Waals surface area contributed by atoms with Gasteiger partial charge in [0.25, 0.3) is 0 Å². The van der Waals surface area contributed by atoms with Crippen LogP contribution < -0.4 is 31.8 Å². The number of rotatable bonds is 6. The first-order valence-corrected chi connectivity index (χ1v) is 20.7. The third-order valence-electron chi connectivity index (χ3n) is 7.90. The Balaban J connectivity index is 0.000000173. The molecular formula is C49H42P2RuS+6. The minimum absolute atomic E-state index is 0. The second-order valence-electron chi connectivity index (χ2n) is 11.5. The van der Waals surface area contributed by atoms with Crippen LogP contribution in [0.4, 0.5) is 0 Å². The zero-order chi connectivity index (χ0) is 35.9. The van der Waals surface area contributed by atoms with Crippen LogP contribution in [-0.4, -0.2) is 0 Å². The molecule has 256 valence electrons. The van der Waals surface area contributed by atoms with Gasteiger partial charge in [-0.05, 0) is 84.9 Å². The maximum Gasteiger partial charge on any atom is 6.00 e. The van der Waals surface area contributed by atoms with E-state index in [0.717, 1.165) is 5.56 Å². The smallest absolute Gasteiger partial charge is 0.724 e. The van der Waals surface area contributed by atoms with Crippen molar-refractivity contribution in [1.82, 2.24) is 0 Å². The van der Waals surface area contributed by atoms with E-state index in [9.17, 15) is 0 Å². The Kier molecular flexibility index (Phi) is 18.8. The summed E-state index contributed by atoms with van der Waals surface area (Å²) in [5.41, 5.74) is 0.979. The Bertz CT molecular complexity index is 1800. The fourth-order valence-electron chi connectivity index (χ4n) is 5.53. The summed E-state index contributed by atoms with van der Waals surface area (Å²) in [7, 11) is -1.75. The van der Waals surface area contributed by atoms with E-state index in [1.807, 2.05) is 60.7 Å². The zero-order valence-corrected chi connectivity index (χ0v) is 33.9. The van der Waals surface area contributed by atoms with Crippen molar-refractivity contribution in [2.45, 2.75) is 0 Å². The van der Waals surface area contributed by atoms with E-state index in [2.05, 4.69) is 206 Å². The maximum absolute atomic E-state index is 4.47. The van der Waals surface area contributed by atoms with Gasteiger partial charge in [-0.2, -0.15) is 18.2 Å². The summed E-state index contributed by atoms with van der Waals surface area (Å²) in [5, 5.41) is 11.0. The normalized spacial score (nSPS) is 9.62. The summed E-state index contributed by atoms with van der Waals surface area (Å²) in [5.74, 6) is 2.77. The predicted molar refractivity (Wildman–Crippen MR) is 236 cm³/mol. The van der Waals surface area contributed by atoms with Crippen LogP contribution in [-0.2, 0) is 32.1 Å². The molecule has 0 aromatic heterocycles. The molecule has 8 aromatic carbocycles. The van der Waals surface area contributed by atoms with Crippen LogP contribution in [0.2, 0.25) is 0 Å². The summed E-state index contributed by atoms with van der Waals surface area (Å²) >= 11 is 4.47. The van der Waals surface area contributed by atoms with Crippen molar-refractivity contribution in [1.29, 1.82) is 0 Å². The molecule has 0 radical (unpaired) electrons. The number of benzene rings is 7. The molecule has 0 saturated carbocycles. The van der Waals surface area contributed by atoms with Crippen LogP contribution in [0.1, 0.15) is 5.56 Å². The maximum atomic E-state index is 4.47. The van der Waals surface area contributed by atoms with Gasteiger partial charge in [-0.15, -0.1) is 0 Å². The van der Waals surface area contributed by atoms with Crippen molar-refractivity contribution in [3.63, 3.8) is 0 Å². The first kappa shape index (κ1) is 40.9. The average molecular weight is 826 g/mol. The molecule has 0 amide bonds. The fraction of sp³-hybridized carbons (Fsp3) is 0. The summed E-state index contributed by atoms with van der Waals surface area (Å²) in [4.78, 5) is 0. The number of hydrogen-bond donors (Lipinski definition) is 0. The van der Waals surface area contributed by atoms with Gasteiger partial charge >= 0.3 is 19.5 Å². The van der Waals surface area contributed by atoms with E-state index in [0.29, 0.717) is 0 Å². The van der Waals surface area contributed by atoms with E-state index < -0.39 is 15.8 Å². The molecule has 8 rings (SSSR count). The van der Waals surface area contributed by atoms with Crippen molar-refractivity contribution < 1.29 is 19.5 Å². The molecule has 0 fully saturated rings. The summed E-state index contributed by atoms with van der Waals surface area (Å²) in [6, 6.07) is 84.7. The van der Waals surface area contributed by atoms with Gasteiger partial charge in [0.15, 0.2) is 0 Å². The van der Waals surface area contributed by atoms with E-state index in [4.69, 9.17) is 0 Å². The van der Waals surface area contributed by atoms with Gasteiger partial charge in [-0.1, -0.05) is 133 Å². The van der Waals surface area contributed by atoms with E-state index in [1.165, 1.54) is 31.8 Å². The Labute approximate surface area is 337 Å². The van der Waals surface area contributed by atoms with Crippen molar-refractivity contribution in [3.05, 3.63) is 248 Å². The van der Waals surface area contributed by atoms with Crippen LogP contribution in [0.25, 0.3) is 0 Å². The van der Waals surface area contributed by atoms with Gasteiger partial charge in [-0.3, -0.25) is 0 Å². The third kappa shape index (κ3) is 13.9. The van der Waals surface area contributed by atoms with Gasteiger partial charge < -0.3 is 12.6 Å². The molecule has 0 unspecified atom stereocenters. The van der Waals surface area contributed by atoms with Crippen LogP contribution in [0.3, 0.4) is 0 Å².